The number of aliphatic hydroxyl groups is 1. The molecule has 0 spiro atoms. The van der Waals surface area contributed by atoms with E-state index in [0.717, 1.165) is 32.3 Å². The zero-order valence-corrected chi connectivity index (χ0v) is 10.1. The van der Waals surface area contributed by atoms with Crippen LogP contribution in [0.5, 0.6) is 0 Å². The molecule has 0 aromatic heterocycles. The number of ether oxygens (including phenoxy) is 1. The van der Waals surface area contributed by atoms with E-state index in [4.69, 9.17) is 9.84 Å². The second-order valence-corrected chi connectivity index (χ2v) is 4.91. The summed E-state index contributed by atoms with van der Waals surface area (Å²) < 4.78 is 5.48. The van der Waals surface area contributed by atoms with Crippen LogP contribution in [0.1, 0.15) is 32.1 Å². The smallest absolute Gasteiger partial charge is 0.220 e. The number of rotatable bonds is 5. The molecule has 4 nitrogen and oxygen atoms in total. The second-order valence-electron chi connectivity index (χ2n) is 4.91. The van der Waals surface area contributed by atoms with Gasteiger partial charge in [0.2, 0.25) is 5.91 Å². The fraction of sp³-hybridized carbons (Fsp3) is 0.769. The van der Waals surface area contributed by atoms with Crippen molar-refractivity contribution in [2.45, 2.75) is 44.2 Å². The van der Waals surface area contributed by atoms with Crippen molar-refractivity contribution in [3.05, 3.63) is 12.2 Å². The maximum atomic E-state index is 11.7. The second kappa shape index (κ2) is 6.17. The minimum absolute atomic E-state index is 0.0914. The van der Waals surface area contributed by atoms with Gasteiger partial charge in [0, 0.05) is 31.6 Å². The molecule has 0 aromatic carbocycles. The monoisotopic (exact) mass is 239 g/mol. The Morgan fingerprint density at radius 2 is 2.35 bits per heavy atom. The summed E-state index contributed by atoms with van der Waals surface area (Å²) in [6, 6.07) is 0.101. The number of hydrogen-bond donors (Lipinski definition) is 2. The van der Waals surface area contributed by atoms with Crippen LogP contribution in [0.3, 0.4) is 0 Å². The van der Waals surface area contributed by atoms with Crippen LogP contribution in [-0.4, -0.2) is 36.4 Å². The zero-order chi connectivity index (χ0) is 12.1. The average molecular weight is 239 g/mol. The number of nitrogens with one attached hydrogen (secondary N) is 1. The Hall–Kier alpha value is -0.870. The maximum Gasteiger partial charge on any atom is 0.220 e. The molecule has 1 fully saturated rings. The summed E-state index contributed by atoms with van der Waals surface area (Å²) >= 11 is 0. The summed E-state index contributed by atoms with van der Waals surface area (Å²) in [6.07, 6.45) is 8.63. The van der Waals surface area contributed by atoms with Gasteiger partial charge in [0.15, 0.2) is 0 Å². The van der Waals surface area contributed by atoms with Gasteiger partial charge in [-0.1, -0.05) is 12.2 Å². The summed E-state index contributed by atoms with van der Waals surface area (Å²) in [4.78, 5) is 11.7. The highest BCUT2D eigenvalue weighted by molar-refractivity contribution is 5.76. The molecule has 2 rings (SSSR count). The van der Waals surface area contributed by atoms with Crippen molar-refractivity contribution in [3.63, 3.8) is 0 Å². The molecule has 1 amide bonds. The van der Waals surface area contributed by atoms with Gasteiger partial charge in [-0.3, -0.25) is 4.79 Å². The lowest BCUT2D eigenvalue weighted by Crippen LogP contribution is -2.33. The van der Waals surface area contributed by atoms with E-state index in [1.54, 1.807) is 0 Å². The standard InChI is InChI=1S/C13H21NO3/c15-9-10-3-4-11(8-10)14-13(16)6-5-12-2-1-7-17-12/h3-4,10-12,15H,1-2,5-9H2,(H,14,16)/t10-,11+,12?/m0/s1. The van der Waals surface area contributed by atoms with Gasteiger partial charge in [-0.2, -0.15) is 0 Å². The first-order valence-electron chi connectivity index (χ1n) is 6.48. The van der Waals surface area contributed by atoms with E-state index >= 15 is 0 Å². The molecule has 1 saturated heterocycles. The van der Waals surface area contributed by atoms with Gasteiger partial charge in [0.05, 0.1) is 6.10 Å². The minimum atomic E-state index is 0.0914. The van der Waals surface area contributed by atoms with Gasteiger partial charge >= 0.3 is 0 Å². The summed E-state index contributed by atoms with van der Waals surface area (Å²) in [5, 5.41) is 12.0. The average Bonchev–Trinajstić information content (AvgIpc) is 2.97. The lowest BCUT2D eigenvalue weighted by Gasteiger charge is -2.14. The van der Waals surface area contributed by atoms with E-state index in [0.29, 0.717) is 6.42 Å². The van der Waals surface area contributed by atoms with E-state index < -0.39 is 0 Å². The van der Waals surface area contributed by atoms with E-state index in [1.807, 2.05) is 12.2 Å². The van der Waals surface area contributed by atoms with Gasteiger partial charge in [0.25, 0.3) is 0 Å². The normalized spacial score (nSPS) is 31.9. The Bertz CT molecular complexity index is 284. The first-order chi connectivity index (χ1) is 8.28. The largest absolute Gasteiger partial charge is 0.396 e. The fourth-order valence-corrected chi connectivity index (χ4v) is 2.46. The highest BCUT2D eigenvalue weighted by atomic mass is 16.5. The molecule has 0 saturated carbocycles. The van der Waals surface area contributed by atoms with Crippen LogP contribution in [0, 0.1) is 5.92 Å². The topological polar surface area (TPSA) is 58.6 Å². The van der Waals surface area contributed by atoms with Gasteiger partial charge in [-0.15, -0.1) is 0 Å². The molecule has 0 radical (unpaired) electrons. The third-order valence-electron chi connectivity index (χ3n) is 3.47. The quantitative estimate of drug-likeness (QED) is 0.704. The Morgan fingerprint density at radius 1 is 1.47 bits per heavy atom. The van der Waals surface area contributed by atoms with E-state index in [2.05, 4.69) is 5.32 Å². The highest BCUT2D eigenvalue weighted by Crippen LogP contribution is 2.19. The number of carbonyl (C=O) groups is 1. The van der Waals surface area contributed by atoms with Gasteiger partial charge in [0.1, 0.15) is 0 Å². The summed E-state index contributed by atoms with van der Waals surface area (Å²) in [5.41, 5.74) is 0. The molecule has 1 aliphatic carbocycles. The van der Waals surface area contributed by atoms with Crippen molar-refractivity contribution < 1.29 is 14.6 Å². The predicted molar refractivity (Wildman–Crippen MR) is 64.5 cm³/mol. The molecule has 0 aromatic rings. The van der Waals surface area contributed by atoms with Crippen LogP contribution < -0.4 is 5.32 Å². The molecule has 3 atom stereocenters. The lowest BCUT2D eigenvalue weighted by molar-refractivity contribution is -0.122. The van der Waals surface area contributed by atoms with Crippen LogP contribution in [0.2, 0.25) is 0 Å². The molecule has 1 aliphatic heterocycles. The fourth-order valence-electron chi connectivity index (χ4n) is 2.46. The number of carbonyl (C=O) groups excluding carboxylic acids is 1. The molecular formula is C13H21NO3. The predicted octanol–water partition coefficient (Wildman–Crippen LogP) is 0.999. The van der Waals surface area contributed by atoms with Crippen molar-refractivity contribution >= 4 is 5.91 Å². The first kappa shape index (κ1) is 12.6. The zero-order valence-electron chi connectivity index (χ0n) is 10.1. The molecule has 0 bridgehead atoms. The van der Waals surface area contributed by atoms with Crippen LogP contribution in [0.15, 0.2) is 12.2 Å². The minimum Gasteiger partial charge on any atom is -0.396 e. The lowest BCUT2D eigenvalue weighted by atomic mass is 10.1. The van der Waals surface area contributed by atoms with Gasteiger partial charge in [-0.05, 0) is 25.7 Å². The van der Waals surface area contributed by atoms with E-state index in [9.17, 15) is 4.79 Å². The summed E-state index contributed by atoms with van der Waals surface area (Å²) in [7, 11) is 0. The molecule has 1 unspecified atom stereocenters. The SMILES string of the molecule is O=C(CCC1CCCO1)N[C@@H]1C=C[C@H](CO)C1. The number of aliphatic hydroxyl groups excluding tert-OH is 1. The van der Waals surface area contributed by atoms with E-state index in [1.165, 1.54) is 0 Å². The summed E-state index contributed by atoms with van der Waals surface area (Å²) in [5.74, 6) is 0.298. The molecule has 17 heavy (non-hydrogen) atoms. The van der Waals surface area contributed by atoms with E-state index in [-0.39, 0.29) is 30.6 Å². The van der Waals surface area contributed by atoms with Crippen molar-refractivity contribution in [3.8, 4) is 0 Å². The maximum absolute atomic E-state index is 11.7. The Kier molecular flexibility index (Phi) is 4.57. The number of amides is 1. The molecule has 2 N–H and O–H groups in total. The Labute approximate surface area is 102 Å². The van der Waals surface area contributed by atoms with Crippen LogP contribution in [0.25, 0.3) is 0 Å². The van der Waals surface area contributed by atoms with Crippen LogP contribution in [-0.2, 0) is 9.53 Å². The van der Waals surface area contributed by atoms with Crippen LogP contribution in [0.4, 0.5) is 0 Å². The highest BCUT2D eigenvalue weighted by Gasteiger charge is 2.21. The van der Waals surface area contributed by atoms with Crippen molar-refractivity contribution in [1.82, 2.24) is 5.32 Å². The summed E-state index contributed by atoms with van der Waals surface area (Å²) in [6.45, 7) is 1.01. The third-order valence-corrected chi connectivity index (χ3v) is 3.47. The molecule has 2 aliphatic rings. The molecule has 4 heteroatoms. The van der Waals surface area contributed by atoms with Crippen molar-refractivity contribution in [2.75, 3.05) is 13.2 Å². The Balaban J connectivity index is 1.62. The third kappa shape index (κ3) is 3.82. The first-order valence-corrected chi connectivity index (χ1v) is 6.48. The molecular weight excluding hydrogens is 218 g/mol. The number of hydrogen-bond acceptors (Lipinski definition) is 3. The molecule has 96 valence electrons. The van der Waals surface area contributed by atoms with Gasteiger partial charge in [-0.25, -0.2) is 0 Å². The Morgan fingerprint density at radius 3 is 3.00 bits per heavy atom. The van der Waals surface area contributed by atoms with Crippen LogP contribution >= 0.6 is 0 Å². The van der Waals surface area contributed by atoms with Crippen molar-refractivity contribution in [1.29, 1.82) is 0 Å². The van der Waals surface area contributed by atoms with Gasteiger partial charge < -0.3 is 15.2 Å². The van der Waals surface area contributed by atoms with Crippen molar-refractivity contribution in [2.24, 2.45) is 5.92 Å². The molecule has 1 heterocycles.